The van der Waals surface area contributed by atoms with Crippen LogP contribution in [0.1, 0.15) is 5.56 Å². The third-order valence-electron chi connectivity index (χ3n) is 4.16. The summed E-state index contributed by atoms with van der Waals surface area (Å²) >= 11 is 7.37. The van der Waals surface area contributed by atoms with Crippen LogP contribution in [0.15, 0.2) is 52.2 Å². The smallest absolute Gasteiger partial charge is 0.251 e. The van der Waals surface area contributed by atoms with Crippen LogP contribution in [0.4, 0.5) is 5.69 Å². The van der Waals surface area contributed by atoms with Gasteiger partial charge in [0, 0.05) is 28.4 Å². The van der Waals surface area contributed by atoms with E-state index in [1.807, 2.05) is 31.2 Å². The zero-order valence-corrected chi connectivity index (χ0v) is 16.8. The number of pyridine rings is 1. The summed E-state index contributed by atoms with van der Waals surface area (Å²) in [4.78, 5) is 25.4. The molecule has 140 valence electrons. The van der Waals surface area contributed by atoms with Crippen LogP contribution in [0.3, 0.4) is 0 Å². The maximum atomic E-state index is 12.4. The summed E-state index contributed by atoms with van der Waals surface area (Å²) in [5.41, 5.74) is 2.24. The highest BCUT2D eigenvalue weighted by Crippen LogP contribution is 2.29. The number of rotatable bonds is 5. The number of hydrogen-bond acceptors (Lipinski definition) is 4. The lowest BCUT2D eigenvalue weighted by Gasteiger charge is -2.12. The molecule has 0 aliphatic carbocycles. The van der Waals surface area contributed by atoms with Crippen molar-refractivity contribution in [2.45, 2.75) is 11.8 Å². The highest BCUT2D eigenvalue weighted by atomic mass is 35.5. The SMILES string of the molecule is COc1ccc(C)cc1NC(=O)CSc1cc(=O)n(C)c2cc(Cl)ccc12. The number of carbonyl (C=O) groups is 1. The number of aromatic nitrogens is 1. The van der Waals surface area contributed by atoms with E-state index in [-0.39, 0.29) is 17.2 Å². The monoisotopic (exact) mass is 402 g/mol. The van der Waals surface area contributed by atoms with Gasteiger partial charge in [-0.05, 0) is 36.8 Å². The zero-order chi connectivity index (χ0) is 19.6. The summed E-state index contributed by atoms with van der Waals surface area (Å²) in [5.74, 6) is 0.599. The van der Waals surface area contributed by atoms with Crippen molar-refractivity contribution in [3.63, 3.8) is 0 Å². The van der Waals surface area contributed by atoms with Crippen molar-refractivity contribution in [2.24, 2.45) is 7.05 Å². The second kappa shape index (κ2) is 8.06. The van der Waals surface area contributed by atoms with Crippen LogP contribution in [-0.2, 0) is 11.8 Å². The highest BCUT2D eigenvalue weighted by Gasteiger charge is 2.12. The summed E-state index contributed by atoms with van der Waals surface area (Å²) in [7, 11) is 3.26. The van der Waals surface area contributed by atoms with Crippen LogP contribution in [0.2, 0.25) is 5.02 Å². The molecule has 0 aliphatic rings. The topological polar surface area (TPSA) is 60.3 Å². The van der Waals surface area contributed by atoms with Gasteiger partial charge in [-0.25, -0.2) is 0 Å². The Balaban J connectivity index is 1.81. The molecule has 0 atom stereocenters. The maximum absolute atomic E-state index is 12.4. The van der Waals surface area contributed by atoms with E-state index in [0.717, 1.165) is 21.4 Å². The Morgan fingerprint density at radius 3 is 2.74 bits per heavy atom. The Morgan fingerprint density at radius 2 is 2.00 bits per heavy atom. The van der Waals surface area contributed by atoms with Gasteiger partial charge in [0.05, 0.1) is 24.1 Å². The largest absolute Gasteiger partial charge is 0.495 e. The van der Waals surface area contributed by atoms with Gasteiger partial charge >= 0.3 is 0 Å². The Hall–Kier alpha value is -2.44. The summed E-state index contributed by atoms with van der Waals surface area (Å²) in [6.45, 7) is 1.95. The normalized spacial score (nSPS) is 10.8. The van der Waals surface area contributed by atoms with Gasteiger partial charge in [0.15, 0.2) is 0 Å². The minimum Gasteiger partial charge on any atom is -0.495 e. The number of carbonyl (C=O) groups excluding carboxylic acids is 1. The molecule has 0 aliphatic heterocycles. The van der Waals surface area contributed by atoms with E-state index >= 15 is 0 Å². The molecule has 0 saturated carbocycles. The Labute approximate surface area is 166 Å². The van der Waals surface area contributed by atoms with E-state index in [9.17, 15) is 9.59 Å². The van der Waals surface area contributed by atoms with Gasteiger partial charge in [0.1, 0.15) is 5.75 Å². The molecule has 0 saturated heterocycles. The third kappa shape index (κ3) is 4.28. The van der Waals surface area contributed by atoms with E-state index in [4.69, 9.17) is 16.3 Å². The fourth-order valence-electron chi connectivity index (χ4n) is 2.76. The molecule has 3 aromatic rings. The lowest BCUT2D eigenvalue weighted by atomic mass is 10.2. The van der Waals surface area contributed by atoms with Gasteiger partial charge in [-0.15, -0.1) is 11.8 Å². The Bertz CT molecular complexity index is 1080. The first-order valence-corrected chi connectivity index (χ1v) is 9.62. The fourth-order valence-corrected chi connectivity index (χ4v) is 3.80. The molecule has 1 amide bonds. The summed E-state index contributed by atoms with van der Waals surface area (Å²) < 4.78 is 6.83. The molecular weight excluding hydrogens is 384 g/mol. The number of hydrogen-bond donors (Lipinski definition) is 1. The number of nitrogens with zero attached hydrogens (tertiary/aromatic N) is 1. The number of halogens is 1. The van der Waals surface area contributed by atoms with Crippen LogP contribution in [-0.4, -0.2) is 23.3 Å². The number of anilines is 1. The predicted octanol–water partition coefficient (Wildman–Crippen LogP) is 4.24. The van der Waals surface area contributed by atoms with Gasteiger partial charge < -0.3 is 14.6 Å². The Morgan fingerprint density at radius 1 is 1.22 bits per heavy atom. The Kier molecular flexibility index (Phi) is 5.77. The maximum Gasteiger partial charge on any atom is 0.251 e. The van der Waals surface area contributed by atoms with Crippen LogP contribution >= 0.6 is 23.4 Å². The molecule has 0 radical (unpaired) electrons. The van der Waals surface area contributed by atoms with E-state index < -0.39 is 0 Å². The average molecular weight is 403 g/mol. The van der Waals surface area contributed by atoms with Crippen molar-refractivity contribution in [1.29, 1.82) is 0 Å². The second-order valence-electron chi connectivity index (χ2n) is 6.11. The molecule has 0 unspecified atom stereocenters. The number of nitrogens with one attached hydrogen (secondary N) is 1. The number of methoxy groups -OCH3 is 1. The van der Waals surface area contributed by atoms with Gasteiger partial charge in [0.25, 0.3) is 5.56 Å². The van der Waals surface area contributed by atoms with Crippen molar-refractivity contribution in [3.8, 4) is 5.75 Å². The molecule has 3 rings (SSSR count). The first kappa shape index (κ1) is 19.3. The number of aryl methyl sites for hydroxylation is 2. The van der Waals surface area contributed by atoms with Crippen LogP contribution in [0.5, 0.6) is 5.75 Å². The first-order chi connectivity index (χ1) is 12.9. The van der Waals surface area contributed by atoms with Crippen LogP contribution in [0, 0.1) is 6.92 Å². The molecule has 1 aromatic heterocycles. The number of ether oxygens (including phenoxy) is 1. The molecule has 1 N–H and O–H groups in total. The summed E-state index contributed by atoms with van der Waals surface area (Å²) in [6.07, 6.45) is 0. The van der Waals surface area contributed by atoms with Gasteiger partial charge in [0.2, 0.25) is 5.91 Å². The number of amides is 1. The minimum atomic E-state index is -0.174. The molecule has 0 fully saturated rings. The standard InChI is InChI=1S/C20H19ClN2O3S/c1-12-4-7-17(26-3)15(8-12)22-19(24)11-27-18-10-20(25)23(2)16-9-13(21)5-6-14(16)18/h4-10H,11H2,1-3H3,(H,22,24). The second-order valence-corrected chi connectivity index (χ2v) is 7.56. The molecule has 2 aromatic carbocycles. The van der Waals surface area contributed by atoms with E-state index in [1.165, 1.54) is 11.8 Å². The summed E-state index contributed by atoms with van der Waals surface area (Å²) in [5, 5.41) is 4.31. The fraction of sp³-hybridized carbons (Fsp3) is 0.200. The van der Waals surface area contributed by atoms with Crippen LogP contribution in [0.25, 0.3) is 10.9 Å². The average Bonchev–Trinajstić information content (AvgIpc) is 2.64. The van der Waals surface area contributed by atoms with Gasteiger partial charge in [-0.1, -0.05) is 23.7 Å². The van der Waals surface area contributed by atoms with Crippen LogP contribution < -0.4 is 15.6 Å². The lowest BCUT2D eigenvalue weighted by molar-refractivity contribution is -0.113. The van der Waals surface area contributed by atoms with Crippen molar-refractivity contribution in [1.82, 2.24) is 4.57 Å². The zero-order valence-electron chi connectivity index (χ0n) is 15.2. The van der Waals surface area contributed by atoms with Crippen molar-refractivity contribution < 1.29 is 9.53 Å². The van der Waals surface area contributed by atoms with Crippen molar-refractivity contribution in [2.75, 3.05) is 18.2 Å². The summed E-state index contributed by atoms with van der Waals surface area (Å²) in [6, 6.07) is 12.5. The van der Waals surface area contributed by atoms with E-state index in [1.54, 1.807) is 36.9 Å². The molecular formula is C20H19ClN2O3S. The molecule has 0 spiro atoms. The van der Waals surface area contributed by atoms with E-state index in [0.29, 0.717) is 16.5 Å². The molecule has 27 heavy (non-hydrogen) atoms. The molecule has 7 heteroatoms. The van der Waals surface area contributed by atoms with Crippen molar-refractivity contribution >= 4 is 45.9 Å². The third-order valence-corrected chi connectivity index (χ3v) is 5.45. The van der Waals surface area contributed by atoms with E-state index in [2.05, 4.69) is 5.32 Å². The number of fused-ring (bicyclic) bond motifs is 1. The number of benzene rings is 2. The van der Waals surface area contributed by atoms with Crippen molar-refractivity contribution in [3.05, 3.63) is 63.4 Å². The molecule has 5 nitrogen and oxygen atoms in total. The number of thioether (sulfide) groups is 1. The minimum absolute atomic E-state index is 0.145. The quantitative estimate of drug-likeness (QED) is 0.648. The van der Waals surface area contributed by atoms with Gasteiger partial charge in [-0.2, -0.15) is 0 Å². The lowest BCUT2D eigenvalue weighted by Crippen LogP contribution is -2.17. The highest BCUT2D eigenvalue weighted by molar-refractivity contribution is 8.00. The molecule has 1 heterocycles. The predicted molar refractivity (Wildman–Crippen MR) is 111 cm³/mol. The first-order valence-electron chi connectivity index (χ1n) is 8.25. The molecule has 0 bridgehead atoms. The van der Waals surface area contributed by atoms with Gasteiger partial charge in [-0.3, -0.25) is 9.59 Å².